The Morgan fingerprint density at radius 3 is 2.92 bits per heavy atom. The van der Waals surface area contributed by atoms with E-state index in [4.69, 9.17) is 4.74 Å². The van der Waals surface area contributed by atoms with Gasteiger partial charge in [-0.2, -0.15) is 0 Å². The third kappa shape index (κ3) is 1.36. The van der Waals surface area contributed by atoms with Gasteiger partial charge < -0.3 is 4.74 Å². The number of allylic oxidation sites excluding steroid dienone is 3. The van der Waals surface area contributed by atoms with Crippen LogP contribution in [0.15, 0.2) is 72.4 Å². The second kappa shape index (κ2) is 4.17. The van der Waals surface area contributed by atoms with Crippen LogP contribution in [0.5, 0.6) is 0 Å². The second-order valence-electron chi connectivity index (χ2n) is 7.34. The molecule has 1 saturated heterocycles. The van der Waals surface area contributed by atoms with Gasteiger partial charge in [0.2, 0.25) is 0 Å². The summed E-state index contributed by atoms with van der Waals surface area (Å²) in [7, 11) is 0. The number of rotatable bonds is 0. The largest absolute Gasteiger partial charge is 0.361 e. The maximum atomic E-state index is 6.50. The maximum Gasteiger partial charge on any atom is 0.134 e. The van der Waals surface area contributed by atoms with E-state index in [0.29, 0.717) is 0 Å². The summed E-state index contributed by atoms with van der Waals surface area (Å²) in [4.78, 5) is 0. The average molecular weight is 310 g/mol. The fourth-order valence-corrected chi connectivity index (χ4v) is 5.08. The Kier molecular flexibility index (Phi) is 2.25. The topological polar surface area (TPSA) is 9.23 Å². The second-order valence-corrected chi connectivity index (χ2v) is 7.34. The SMILES string of the molecule is C1=CC23CC=C4c5ccc6ccccc6c5C=CC4(OC2)C3=CC1. The molecule has 1 heteroatoms. The molecule has 1 nitrogen and oxygen atoms in total. The van der Waals surface area contributed by atoms with Crippen LogP contribution in [0.4, 0.5) is 0 Å². The zero-order chi connectivity index (χ0) is 15.8. The van der Waals surface area contributed by atoms with Crippen LogP contribution in [0.3, 0.4) is 0 Å². The first-order valence-electron chi connectivity index (χ1n) is 8.77. The van der Waals surface area contributed by atoms with Crippen molar-refractivity contribution in [1.29, 1.82) is 0 Å². The van der Waals surface area contributed by atoms with Gasteiger partial charge in [0.15, 0.2) is 0 Å². The first kappa shape index (κ1) is 13.0. The van der Waals surface area contributed by atoms with Crippen LogP contribution < -0.4 is 0 Å². The highest BCUT2D eigenvalue weighted by Gasteiger charge is 2.57. The van der Waals surface area contributed by atoms with Gasteiger partial charge in [0.1, 0.15) is 5.60 Å². The Morgan fingerprint density at radius 1 is 0.958 bits per heavy atom. The minimum Gasteiger partial charge on any atom is -0.361 e. The smallest absolute Gasteiger partial charge is 0.134 e. The molecule has 2 aromatic rings. The lowest BCUT2D eigenvalue weighted by atomic mass is 9.62. The van der Waals surface area contributed by atoms with E-state index in [9.17, 15) is 0 Å². The highest BCUT2D eigenvalue weighted by Crippen LogP contribution is 2.61. The Bertz CT molecular complexity index is 1020. The summed E-state index contributed by atoms with van der Waals surface area (Å²) in [5.74, 6) is 0. The summed E-state index contributed by atoms with van der Waals surface area (Å²) in [5.41, 5.74) is 5.24. The molecule has 2 unspecified atom stereocenters. The molecular formula is C23H18O. The van der Waals surface area contributed by atoms with Gasteiger partial charge >= 0.3 is 0 Å². The van der Waals surface area contributed by atoms with Crippen molar-refractivity contribution in [3.8, 4) is 0 Å². The van der Waals surface area contributed by atoms with Crippen LogP contribution in [-0.2, 0) is 4.74 Å². The van der Waals surface area contributed by atoms with Gasteiger partial charge in [0.25, 0.3) is 0 Å². The van der Waals surface area contributed by atoms with Crippen LogP contribution in [0, 0.1) is 5.41 Å². The molecule has 2 aromatic carbocycles. The van der Waals surface area contributed by atoms with Gasteiger partial charge in [-0.3, -0.25) is 0 Å². The van der Waals surface area contributed by atoms with Crippen molar-refractivity contribution in [2.24, 2.45) is 5.41 Å². The fourth-order valence-electron chi connectivity index (χ4n) is 5.08. The van der Waals surface area contributed by atoms with Crippen molar-refractivity contribution in [2.45, 2.75) is 18.4 Å². The van der Waals surface area contributed by atoms with E-state index in [1.807, 2.05) is 0 Å². The molecule has 2 bridgehead atoms. The molecule has 3 aliphatic carbocycles. The zero-order valence-electron chi connectivity index (χ0n) is 13.5. The van der Waals surface area contributed by atoms with Gasteiger partial charge in [-0.25, -0.2) is 0 Å². The van der Waals surface area contributed by atoms with Gasteiger partial charge in [-0.1, -0.05) is 66.8 Å². The monoisotopic (exact) mass is 310 g/mol. The lowest BCUT2D eigenvalue weighted by molar-refractivity contribution is 0.0962. The molecule has 6 rings (SSSR count). The summed E-state index contributed by atoms with van der Waals surface area (Å²) in [6, 6.07) is 13.2. The van der Waals surface area contributed by atoms with Crippen LogP contribution in [0.25, 0.3) is 22.4 Å². The summed E-state index contributed by atoms with van der Waals surface area (Å²) in [6.07, 6.45) is 16.2. The van der Waals surface area contributed by atoms with Gasteiger partial charge in [0.05, 0.1) is 6.61 Å². The summed E-state index contributed by atoms with van der Waals surface area (Å²) < 4.78 is 6.50. The van der Waals surface area contributed by atoms with Gasteiger partial charge in [-0.05, 0) is 52.0 Å². The molecule has 0 saturated carbocycles. The highest BCUT2D eigenvalue weighted by molar-refractivity contribution is 6.01. The highest BCUT2D eigenvalue weighted by atomic mass is 16.5. The maximum absolute atomic E-state index is 6.50. The van der Waals surface area contributed by atoms with Crippen molar-refractivity contribution < 1.29 is 4.74 Å². The molecule has 1 fully saturated rings. The Balaban J connectivity index is 1.66. The molecule has 0 aromatic heterocycles. The minimum atomic E-state index is -0.335. The molecule has 0 N–H and O–H groups in total. The number of fused-ring (bicyclic) bond motifs is 4. The molecular weight excluding hydrogens is 292 g/mol. The van der Waals surface area contributed by atoms with Crippen LogP contribution >= 0.6 is 0 Å². The predicted molar refractivity (Wildman–Crippen MR) is 98.5 cm³/mol. The van der Waals surface area contributed by atoms with Crippen molar-refractivity contribution in [2.75, 3.05) is 6.61 Å². The molecule has 1 heterocycles. The lowest BCUT2D eigenvalue weighted by Gasteiger charge is -2.41. The lowest BCUT2D eigenvalue weighted by Crippen LogP contribution is -2.37. The van der Waals surface area contributed by atoms with E-state index in [1.165, 1.54) is 33.0 Å². The molecule has 116 valence electrons. The summed E-state index contributed by atoms with van der Waals surface area (Å²) in [5, 5.41) is 2.63. The number of hydrogen-bond acceptors (Lipinski definition) is 1. The Hall–Kier alpha value is -2.38. The Labute approximate surface area is 141 Å². The van der Waals surface area contributed by atoms with E-state index in [-0.39, 0.29) is 11.0 Å². The minimum absolute atomic E-state index is 0.0977. The van der Waals surface area contributed by atoms with Crippen molar-refractivity contribution in [3.63, 3.8) is 0 Å². The fraction of sp³-hybridized carbons (Fsp3) is 0.217. The number of hydrogen-bond donors (Lipinski definition) is 0. The molecule has 1 aliphatic heterocycles. The van der Waals surface area contributed by atoms with E-state index >= 15 is 0 Å². The third-order valence-electron chi connectivity index (χ3n) is 6.21. The quantitative estimate of drug-likeness (QED) is 0.600. The Morgan fingerprint density at radius 2 is 1.92 bits per heavy atom. The molecule has 0 radical (unpaired) electrons. The standard InChI is InChI=1S/C23H18O/c1-2-6-17-16(5-1)8-9-19-18(17)10-14-23-20(19)11-13-22(15-24-23)12-4-3-7-21(22)23/h1-2,4-12,14H,3,13,15H2. The molecule has 0 amide bonds. The average Bonchev–Trinajstić information content (AvgIpc) is 2.87. The first-order valence-corrected chi connectivity index (χ1v) is 8.77. The van der Waals surface area contributed by atoms with E-state index < -0.39 is 0 Å². The first-order chi connectivity index (χ1) is 11.8. The summed E-state index contributed by atoms with van der Waals surface area (Å²) >= 11 is 0. The van der Waals surface area contributed by atoms with Gasteiger partial charge in [-0.15, -0.1) is 0 Å². The van der Waals surface area contributed by atoms with Crippen molar-refractivity contribution >= 4 is 22.4 Å². The van der Waals surface area contributed by atoms with Crippen LogP contribution in [0.2, 0.25) is 0 Å². The summed E-state index contributed by atoms with van der Waals surface area (Å²) in [6.45, 7) is 0.794. The molecule has 24 heavy (non-hydrogen) atoms. The normalized spacial score (nSPS) is 32.0. The van der Waals surface area contributed by atoms with E-state index in [0.717, 1.165) is 19.4 Å². The molecule has 1 spiro atoms. The van der Waals surface area contributed by atoms with E-state index in [1.54, 1.807) is 0 Å². The molecule has 4 aliphatic rings. The predicted octanol–water partition coefficient (Wildman–Crippen LogP) is 5.30. The van der Waals surface area contributed by atoms with Crippen LogP contribution in [0.1, 0.15) is 24.0 Å². The van der Waals surface area contributed by atoms with Crippen molar-refractivity contribution in [1.82, 2.24) is 0 Å². The van der Waals surface area contributed by atoms with Crippen molar-refractivity contribution in [3.05, 3.63) is 83.5 Å². The zero-order valence-corrected chi connectivity index (χ0v) is 13.5. The van der Waals surface area contributed by atoms with Crippen LogP contribution in [-0.4, -0.2) is 12.2 Å². The molecule has 2 atom stereocenters. The van der Waals surface area contributed by atoms with E-state index in [2.05, 4.69) is 72.9 Å². The third-order valence-corrected chi connectivity index (χ3v) is 6.21. The van der Waals surface area contributed by atoms with Gasteiger partial charge in [0, 0.05) is 5.41 Å². The number of ether oxygens (including phenoxy) is 1. The number of benzene rings is 2.